The SMILES string of the molecule is C[C@@H]1CN(c2ncc3c(n2)CCC[C@@H]3NC(=O)C2CCCCC2)C[C@@H](C)O1. The van der Waals surface area contributed by atoms with Crippen LogP contribution in [-0.2, 0) is 16.0 Å². The van der Waals surface area contributed by atoms with Gasteiger partial charge in [0, 0.05) is 30.8 Å². The number of anilines is 1. The number of nitrogens with one attached hydrogen (secondary N) is 1. The average Bonchev–Trinajstić information content (AvgIpc) is 2.68. The lowest BCUT2D eigenvalue weighted by molar-refractivity contribution is -0.126. The second kappa shape index (κ2) is 8.13. The zero-order chi connectivity index (χ0) is 18.8. The first-order valence-electron chi connectivity index (χ1n) is 10.7. The Morgan fingerprint density at radius 1 is 1.11 bits per heavy atom. The molecular weight excluding hydrogens is 340 g/mol. The van der Waals surface area contributed by atoms with Gasteiger partial charge in [0.25, 0.3) is 0 Å². The van der Waals surface area contributed by atoms with Gasteiger partial charge in [-0.3, -0.25) is 4.79 Å². The van der Waals surface area contributed by atoms with Crippen molar-refractivity contribution in [2.75, 3.05) is 18.0 Å². The lowest BCUT2D eigenvalue weighted by Crippen LogP contribution is -2.46. The third-order valence-electron chi connectivity index (χ3n) is 6.16. The van der Waals surface area contributed by atoms with Gasteiger partial charge in [0.05, 0.1) is 23.9 Å². The second-order valence-electron chi connectivity index (χ2n) is 8.52. The monoisotopic (exact) mass is 372 g/mol. The summed E-state index contributed by atoms with van der Waals surface area (Å²) >= 11 is 0. The summed E-state index contributed by atoms with van der Waals surface area (Å²) < 4.78 is 5.82. The topological polar surface area (TPSA) is 67.4 Å². The molecule has 2 heterocycles. The Morgan fingerprint density at radius 2 is 1.85 bits per heavy atom. The molecule has 1 amide bonds. The van der Waals surface area contributed by atoms with Crippen molar-refractivity contribution in [2.24, 2.45) is 5.92 Å². The van der Waals surface area contributed by atoms with Gasteiger partial charge in [0.2, 0.25) is 11.9 Å². The first-order chi connectivity index (χ1) is 13.1. The first-order valence-corrected chi connectivity index (χ1v) is 10.7. The van der Waals surface area contributed by atoms with Crippen LogP contribution < -0.4 is 10.2 Å². The number of aryl methyl sites for hydroxylation is 1. The lowest BCUT2D eigenvalue weighted by Gasteiger charge is -2.36. The van der Waals surface area contributed by atoms with Gasteiger partial charge in [-0.1, -0.05) is 19.3 Å². The summed E-state index contributed by atoms with van der Waals surface area (Å²) in [5.41, 5.74) is 2.22. The Morgan fingerprint density at radius 3 is 2.59 bits per heavy atom. The van der Waals surface area contributed by atoms with E-state index in [9.17, 15) is 4.79 Å². The number of morpholine rings is 1. The van der Waals surface area contributed by atoms with Crippen molar-refractivity contribution in [1.82, 2.24) is 15.3 Å². The molecule has 6 heteroatoms. The molecule has 27 heavy (non-hydrogen) atoms. The van der Waals surface area contributed by atoms with Crippen molar-refractivity contribution in [2.45, 2.75) is 83.5 Å². The quantitative estimate of drug-likeness (QED) is 0.883. The Hall–Kier alpha value is -1.69. The molecule has 2 aliphatic carbocycles. The van der Waals surface area contributed by atoms with Crippen LogP contribution in [0.2, 0.25) is 0 Å². The molecule has 3 atom stereocenters. The molecule has 1 aromatic rings. The largest absolute Gasteiger partial charge is 0.372 e. The Balaban J connectivity index is 1.47. The van der Waals surface area contributed by atoms with Crippen LogP contribution in [0.1, 0.15) is 76.1 Å². The normalized spacial score (nSPS) is 29.3. The van der Waals surface area contributed by atoms with E-state index >= 15 is 0 Å². The molecule has 1 N–H and O–H groups in total. The highest BCUT2D eigenvalue weighted by atomic mass is 16.5. The van der Waals surface area contributed by atoms with E-state index in [1.165, 1.54) is 19.3 Å². The molecule has 1 saturated carbocycles. The molecule has 0 aromatic carbocycles. The van der Waals surface area contributed by atoms with E-state index in [1.807, 2.05) is 6.20 Å². The van der Waals surface area contributed by atoms with Gasteiger partial charge in [-0.25, -0.2) is 9.97 Å². The smallest absolute Gasteiger partial charge is 0.225 e. The molecule has 1 aliphatic heterocycles. The van der Waals surface area contributed by atoms with Crippen LogP contribution in [0, 0.1) is 5.92 Å². The third kappa shape index (κ3) is 4.26. The van der Waals surface area contributed by atoms with Crippen LogP contribution in [0.5, 0.6) is 0 Å². The fourth-order valence-corrected chi connectivity index (χ4v) is 4.83. The molecule has 0 spiro atoms. The van der Waals surface area contributed by atoms with Gasteiger partial charge in [0.15, 0.2) is 0 Å². The highest BCUT2D eigenvalue weighted by Gasteiger charge is 2.29. The number of aromatic nitrogens is 2. The number of rotatable bonds is 3. The second-order valence-corrected chi connectivity index (χ2v) is 8.52. The van der Waals surface area contributed by atoms with Gasteiger partial charge >= 0.3 is 0 Å². The van der Waals surface area contributed by atoms with Crippen molar-refractivity contribution >= 4 is 11.9 Å². The predicted octanol–water partition coefficient (Wildman–Crippen LogP) is 3.16. The van der Waals surface area contributed by atoms with E-state index < -0.39 is 0 Å². The van der Waals surface area contributed by atoms with Crippen LogP contribution in [0.15, 0.2) is 6.20 Å². The zero-order valence-corrected chi connectivity index (χ0v) is 16.6. The number of carbonyl (C=O) groups is 1. The molecule has 6 nitrogen and oxygen atoms in total. The standard InChI is InChI=1S/C21H32N4O2/c1-14-12-25(13-15(2)27-14)21-22-11-17-18(9-6-10-19(17)24-21)23-20(26)16-7-4-3-5-8-16/h11,14-16,18H,3-10,12-13H2,1-2H3,(H,23,26)/t14-,15-,18+/m1/s1. The molecule has 148 valence electrons. The molecule has 0 bridgehead atoms. The maximum absolute atomic E-state index is 12.7. The molecule has 1 saturated heterocycles. The molecule has 1 aromatic heterocycles. The van der Waals surface area contributed by atoms with E-state index in [2.05, 4.69) is 29.0 Å². The van der Waals surface area contributed by atoms with Gasteiger partial charge in [-0.15, -0.1) is 0 Å². The van der Waals surface area contributed by atoms with E-state index in [0.29, 0.717) is 0 Å². The number of ether oxygens (including phenoxy) is 1. The van der Waals surface area contributed by atoms with Gasteiger partial charge in [0.1, 0.15) is 0 Å². The maximum atomic E-state index is 12.7. The minimum Gasteiger partial charge on any atom is -0.372 e. The minimum atomic E-state index is 0.0692. The summed E-state index contributed by atoms with van der Waals surface area (Å²) in [5, 5.41) is 3.31. The Kier molecular flexibility index (Phi) is 5.62. The lowest BCUT2D eigenvalue weighted by atomic mass is 9.87. The van der Waals surface area contributed by atoms with E-state index in [1.54, 1.807) is 0 Å². The summed E-state index contributed by atoms with van der Waals surface area (Å²) in [4.78, 5) is 24.5. The van der Waals surface area contributed by atoms with Crippen molar-refractivity contribution in [3.05, 3.63) is 17.5 Å². The summed E-state index contributed by atoms with van der Waals surface area (Å²) in [7, 11) is 0. The van der Waals surface area contributed by atoms with Crippen molar-refractivity contribution in [3.8, 4) is 0 Å². The van der Waals surface area contributed by atoms with Crippen molar-refractivity contribution in [1.29, 1.82) is 0 Å². The van der Waals surface area contributed by atoms with Crippen molar-refractivity contribution in [3.63, 3.8) is 0 Å². The third-order valence-corrected chi connectivity index (χ3v) is 6.16. The fourth-order valence-electron chi connectivity index (χ4n) is 4.83. The van der Waals surface area contributed by atoms with E-state index in [4.69, 9.17) is 9.72 Å². The molecule has 3 aliphatic rings. The average molecular weight is 373 g/mol. The summed E-state index contributed by atoms with van der Waals surface area (Å²) in [6.45, 7) is 5.84. The van der Waals surface area contributed by atoms with Crippen LogP contribution in [0.4, 0.5) is 5.95 Å². The molecule has 2 fully saturated rings. The van der Waals surface area contributed by atoms with Crippen LogP contribution >= 0.6 is 0 Å². The highest BCUT2D eigenvalue weighted by Crippen LogP contribution is 2.31. The minimum absolute atomic E-state index is 0.0692. The number of nitrogens with zero attached hydrogens (tertiary/aromatic N) is 3. The van der Waals surface area contributed by atoms with E-state index in [0.717, 1.165) is 62.4 Å². The highest BCUT2D eigenvalue weighted by molar-refractivity contribution is 5.79. The first kappa shape index (κ1) is 18.7. The number of amides is 1. The van der Waals surface area contributed by atoms with Gasteiger partial charge in [-0.05, 0) is 46.0 Å². The fraction of sp³-hybridized carbons (Fsp3) is 0.762. The molecule has 0 unspecified atom stereocenters. The van der Waals surface area contributed by atoms with Gasteiger partial charge < -0.3 is 15.0 Å². The predicted molar refractivity (Wildman–Crippen MR) is 105 cm³/mol. The molecule has 4 rings (SSSR count). The molecular formula is C21H32N4O2. The number of hydrogen-bond acceptors (Lipinski definition) is 5. The summed E-state index contributed by atoms with van der Waals surface area (Å²) in [6.07, 6.45) is 11.1. The number of hydrogen-bond donors (Lipinski definition) is 1. The van der Waals surface area contributed by atoms with Crippen LogP contribution in [-0.4, -0.2) is 41.2 Å². The van der Waals surface area contributed by atoms with Crippen molar-refractivity contribution < 1.29 is 9.53 Å². The van der Waals surface area contributed by atoms with E-state index in [-0.39, 0.29) is 30.1 Å². The van der Waals surface area contributed by atoms with Crippen LogP contribution in [0.3, 0.4) is 0 Å². The summed E-state index contributed by atoms with van der Waals surface area (Å²) in [6, 6.07) is 0.0692. The number of carbonyl (C=O) groups excluding carboxylic acids is 1. The Bertz CT molecular complexity index is 664. The molecule has 0 radical (unpaired) electrons. The Labute approximate surface area is 162 Å². The summed E-state index contributed by atoms with van der Waals surface area (Å²) in [5.74, 6) is 1.23. The maximum Gasteiger partial charge on any atom is 0.225 e. The van der Waals surface area contributed by atoms with Gasteiger partial charge in [-0.2, -0.15) is 0 Å². The number of fused-ring (bicyclic) bond motifs is 1. The van der Waals surface area contributed by atoms with Crippen LogP contribution in [0.25, 0.3) is 0 Å². The zero-order valence-electron chi connectivity index (χ0n) is 16.6.